The number of aromatic hydroxyl groups is 1. The Bertz CT molecular complexity index is 464. The van der Waals surface area contributed by atoms with Gasteiger partial charge in [0.1, 0.15) is 5.75 Å². The molecule has 80 valence electrons. The molecule has 0 aliphatic heterocycles. The summed E-state index contributed by atoms with van der Waals surface area (Å²) in [5, 5.41) is 28.4. The van der Waals surface area contributed by atoms with Gasteiger partial charge >= 0.3 is 0 Å². The first kappa shape index (κ1) is 10.0. The topological polar surface area (TPSA) is 65.6 Å². The molecule has 4 heteroatoms. The summed E-state index contributed by atoms with van der Waals surface area (Å²) in [6, 6.07) is 7.02. The summed E-state index contributed by atoms with van der Waals surface area (Å²) < 4.78 is 1.80. The van der Waals surface area contributed by atoms with E-state index in [1.54, 1.807) is 29.0 Å². The highest BCUT2D eigenvalue weighted by Crippen LogP contribution is 2.25. The molecule has 0 aliphatic rings. The van der Waals surface area contributed by atoms with E-state index in [2.05, 4.69) is 0 Å². The second-order valence-electron chi connectivity index (χ2n) is 3.51. The van der Waals surface area contributed by atoms with Crippen LogP contribution >= 0.6 is 0 Å². The number of phenolic OH excluding ortho intramolecular Hbond substituents is 1. The Morgan fingerprint density at radius 3 is 2.80 bits per heavy atom. The number of aromatic nitrogens is 1. The van der Waals surface area contributed by atoms with E-state index in [-0.39, 0.29) is 12.4 Å². The lowest BCUT2D eigenvalue weighted by atomic mass is 10.2. The second-order valence-corrected chi connectivity index (χ2v) is 3.51. The van der Waals surface area contributed by atoms with E-state index in [1.807, 2.05) is 6.07 Å². The molecular weight excluding hydrogens is 194 g/mol. The average Bonchev–Trinajstić information content (AvgIpc) is 2.63. The molecule has 1 heterocycles. The Labute approximate surface area is 87.0 Å². The van der Waals surface area contributed by atoms with Crippen LogP contribution in [0.2, 0.25) is 0 Å². The number of nitrogens with zero attached hydrogens (tertiary/aromatic N) is 1. The SMILES string of the molecule is OCC(O)Cn1ccc2c(O)cccc21. The average molecular weight is 207 g/mol. The number of hydrogen-bond acceptors (Lipinski definition) is 3. The third kappa shape index (κ3) is 1.82. The van der Waals surface area contributed by atoms with Crippen LogP contribution in [0, 0.1) is 0 Å². The third-order valence-electron chi connectivity index (χ3n) is 2.41. The first-order valence-electron chi connectivity index (χ1n) is 4.78. The van der Waals surface area contributed by atoms with Crippen LogP contribution in [0.4, 0.5) is 0 Å². The van der Waals surface area contributed by atoms with E-state index in [1.165, 1.54) is 0 Å². The van der Waals surface area contributed by atoms with Gasteiger partial charge in [-0.3, -0.25) is 0 Å². The number of aliphatic hydroxyl groups is 2. The zero-order chi connectivity index (χ0) is 10.8. The highest BCUT2D eigenvalue weighted by atomic mass is 16.3. The lowest BCUT2D eigenvalue weighted by molar-refractivity contribution is 0.0822. The molecule has 3 N–H and O–H groups in total. The van der Waals surface area contributed by atoms with Gasteiger partial charge in [0, 0.05) is 11.6 Å². The number of benzene rings is 1. The first-order chi connectivity index (χ1) is 7.22. The number of aliphatic hydroxyl groups excluding tert-OH is 2. The molecule has 2 rings (SSSR count). The molecule has 1 aromatic heterocycles. The van der Waals surface area contributed by atoms with Crippen molar-refractivity contribution in [2.75, 3.05) is 6.61 Å². The summed E-state index contributed by atoms with van der Waals surface area (Å²) in [6.45, 7) is 0.0575. The van der Waals surface area contributed by atoms with Crippen molar-refractivity contribution in [2.45, 2.75) is 12.6 Å². The first-order valence-corrected chi connectivity index (χ1v) is 4.78. The van der Waals surface area contributed by atoms with Crippen LogP contribution < -0.4 is 0 Å². The Kier molecular flexibility index (Phi) is 2.62. The summed E-state index contributed by atoms with van der Waals surface area (Å²) in [7, 11) is 0. The van der Waals surface area contributed by atoms with Crippen LogP contribution in [-0.4, -0.2) is 32.6 Å². The van der Waals surface area contributed by atoms with E-state index in [0.29, 0.717) is 6.54 Å². The van der Waals surface area contributed by atoms with Crippen LogP contribution in [0.1, 0.15) is 0 Å². The molecule has 4 nitrogen and oxygen atoms in total. The molecule has 0 radical (unpaired) electrons. The minimum Gasteiger partial charge on any atom is -0.507 e. The quantitative estimate of drug-likeness (QED) is 0.694. The Balaban J connectivity index is 2.41. The van der Waals surface area contributed by atoms with Gasteiger partial charge in [-0.1, -0.05) is 6.07 Å². The van der Waals surface area contributed by atoms with Crippen molar-refractivity contribution in [3.63, 3.8) is 0 Å². The standard InChI is InChI=1S/C11H13NO3/c13-7-8(14)6-12-5-4-9-10(12)2-1-3-11(9)15/h1-5,8,13-15H,6-7H2. The molecule has 1 atom stereocenters. The van der Waals surface area contributed by atoms with Crippen molar-refractivity contribution in [3.8, 4) is 5.75 Å². The predicted octanol–water partition coefficient (Wildman–Crippen LogP) is 0.700. The van der Waals surface area contributed by atoms with Gasteiger partial charge in [-0.25, -0.2) is 0 Å². The maximum absolute atomic E-state index is 9.55. The fourth-order valence-corrected chi connectivity index (χ4v) is 1.65. The van der Waals surface area contributed by atoms with E-state index >= 15 is 0 Å². The largest absolute Gasteiger partial charge is 0.507 e. The summed E-state index contributed by atoms with van der Waals surface area (Å²) in [5.74, 6) is 0.227. The van der Waals surface area contributed by atoms with Crippen molar-refractivity contribution in [1.82, 2.24) is 4.57 Å². The summed E-state index contributed by atoms with van der Waals surface area (Å²) in [4.78, 5) is 0. The number of fused-ring (bicyclic) bond motifs is 1. The lowest BCUT2D eigenvalue weighted by Gasteiger charge is -2.09. The van der Waals surface area contributed by atoms with Crippen molar-refractivity contribution in [2.24, 2.45) is 0 Å². The molecule has 2 aromatic rings. The van der Waals surface area contributed by atoms with Gasteiger partial charge in [-0.05, 0) is 18.2 Å². The van der Waals surface area contributed by atoms with E-state index in [9.17, 15) is 10.2 Å². The monoisotopic (exact) mass is 207 g/mol. The molecule has 0 fully saturated rings. The number of phenols is 1. The molecule has 0 spiro atoms. The van der Waals surface area contributed by atoms with Crippen molar-refractivity contribution in [1.29, 1.82) is 0 Å². The molecule has 0 amide bonds. The molecule has 0 saturated heterocycles. The summed E-state index contributed by atoms with van der Waals surface area (Å²) in [6.07, 6.45) is 1.01. The zero-order valence-electron chi connectivity index (χ0n) is 8.17. The number of rotatable bonds is 3. The molecule has 0 bridgehead atoms. The van der Waals surface area contributed by atoms with Gasteiger partial charge in [0.2, 0.25) is 0 Å². The summed E-state index contributed by atoms with van der Waals surface area (Å²) >= 11 is 0. The molecule has 1 unspecified atom stereocenters. The molecule has 0 aliphatic carbocycles. The van der Waals surface area contributed by atoms with Gasteiger partial charge in [0.15, 0.2) is 0 Å². The van der Waals surface area contributed by atoms with Crippen molar-refractivity contribution >= 4 is 10.9 Å². The van der Waals surface area contributed by atoms with Gasteiger partial charge < -0.3 is 19.9 Å². The van der Waals surface area contributed by atoms with E-state index in [0.717, 1.165) is 10.9 Å². The Morgan fingerprint density at radius 2 is 2.07 bits per heavy atom. The van der Waals surface area contributed by atoms with Crippen LogP contribution in [-0.2, 0) is 6.54 Å². The minimum absolute atomic E-state index is 0.227. The fourth-order valence-electron chi connectivity index (χ4n) is 1.65. The fraction of sp³-hybridized carbons (Fsp3) is 0.273. The van der Waals surface area contributed by atoms with Crippen molar-refractivity contribution < 1.29 is 15.3 Å². The van der Waals surface area contributed by atoms with Crippen LogP contribution in [0.3, 0.4) is 0 Å². The highest BCUT2D eigenvalue weighted by molar-refractivity contribution is 5.86. The van der Waals surface area contributed by atoms with Gasteiger partial charge in [-0.15, -0.1) is 0 Å². The lowest BCUT2D eigenvalue weighted by Crippen LogP contribution is -2.19. The van der Waals surface area contributed by atoms with E-state index < -0.39 is 6.10 Å². The molecule has 15 heavy (non-hydrogen) atoms. The van der Waals surface area contributed by atoms with Crippen LogP contribution in [0.25, 0.3) is 10.9 Å². The normalized spacial score (nSPS) is 13.2. The maximum Gasteiger partial charge on any atom is 0.124 e. The van der Waals surface area contributed by atoms with E-state index in [4.69, 9.17) is 5.11 Å². The second kappa shape index (κ2) is 3.92. The molecular formula is C11H13NO3. The van der Waals surface area contributed by atoms with Gasteiger partial charge in [0.05, 0.1) is 24.8 Å². The Hall–Kier alpha value is -1.52. The minimum atomic E-state index is -0.775. The zero-order valence-corrected chi connectivity index (χ0v) is 8.17. The van der Waals surface area contributed by atoms with Gasteiger partial charge in [-0.2, -0.15) is 0 Å². The number of hydrogen-bond donors (Lipinski definition) is 3. The van der Waals surface area contributed by atoms with Crippen LogP contribution in [0.5, 0.6) is 5.75 Å². The smallest absolute Gasteiger partial charge is 0.124 e. The van der Waals surface area contributed by atoms with Crippen LogP contribution in [0.15, 0.2) is 30.5 Å². The molecule has 0 saturated carbocycles. The maximum atomic E-state index is 9.55. The highest BCUT2D eigenvalue weighted by Gasteiger charge is 2.07. The van der Waals surface area contributed by atoms with Gasteiger partial charge in [0.25, 0.3) is 0 Å². The third-order valence-corrected chi connectivity index (χ3v) is 2.41. The summed E-state index contributed by atoms with van der Waals surface area (Å²) in [5.41, 5.74) is 0.850. The molecule has 1 aromatic carbocycles. The Morgan fingerprint density at radius 1 is 1.27 bits per heavy atom. The van der Waals surface area contributed by atoms with Crippen molar-refractivity contribution in [3.05, 3.63) is 30.5 Å². The predicted molar refractivity (Wildman–Crippen MR) is 56.7 cm³/mol.